The average Bonchev–Trinajstić information content (AvgIpc) is 2.94. The number of benzene rings is 1. The zero-order chi connectivity index (χ0) is 14.7. The lowest BCUT2D eigenvalue weighted by molar-refractivity contribution is -0.120. The third kappa shape index (κ3) is 3.64. The Balaban J connectivity index is 0.00000176. The highest BCUT2D eigenvalue weighted by Crippen LogP contribution is 2.21. The Kier molecular flexibility index (Phi) is 5.51. The van der Waals surface area contributed by atoms with Crippen molar-refractivity contribution in [3.05, 3.63) is 30.6 Å². The topological polar surface area (TPSA) is 71.8 Å². The molecule has 1 aliphatic heterocycles. The third-order valence-electron chi connectivity index (χ3n) is 3.81. The number of rotatable bonds is 3. The summed E-state index contributed by atoms with van der Waals surface area (Å²) < 4.78 is 1.85. The SMILES string of the molecule is Cl.Cn1cnnc1-c1cccc(NC(=O)C2CCNCC2)c1. The van der Waals surface area contributed by atoms with Crippen LogP contribution in [-0.4, -0.2) is 33.8 Å². The molecule has 0 bridgehead atoms. The van der Waals surface area contributed by atoms with Gasteiger partial charge in [0.25, 0.3) is 0 Å². The number of carbonyl (C=O) groups is 1. The van der Waals surface area contributed by atoms with E-state index in [1.807, 2.05) is 35.9 Å². The normalized spacial score (nSPS) is 15.1. The van der Waals surface area contributed by atoms with Gasteiger partial charge in [-0.25, -0.2) is 0 Å². The third-order valence-corrected chi connectivity index (χ3v) is 3.81. The first-order valence-corrected chi connectivity index (χ1v) is 7.20. The minimum atomic E-state index is 0. The fraction of sp³-hybridized carbons (Fsp3) is 0.400. The molecule has 7 heteroatoms. The number of carbonyl (C=O) groups excluding carboxylic acids is 1. The first-order chi connectivity index (χ1) is 10.2. The summed E-state index contributed by atoms with van der Waals surface area (Å²) in [5.74, 6) is 0.990. The Morgan fingerprint density at radius 1 is 1.36 bits per heavy atom. The number of halogens is 1. The van der Waals surface area contributed by atoms with Crippen LogP contribution in [0.15, 0.2) is 30.6 Å². The Morgan fingerprint density at radius 2 is 2.14 bits per heavy atom. The van der Waals surface area contributed by atoms with Gasteiger partial charge in [-0.1, -0.05) is 12.1 Å². The van der Waals surface area contributed by atoms with Crippen molar-refractivity contribution in [2.45, 2.75) is 12.8 Å². The molecule has 118 valence electrons. The molecular formula is C15H20ClN5O. The fourth-order valence-electron chi connectivity index (χ4n) is 2.61. The smallest absolute Gasteiger partial charge is 0.227 e. The van der Waals surface area contributed by atoms with E-state index in [1.165, 1.54) is 0 Å². The summed E-state index contributed by atoms with van der Waals surface area (Å²) in [6.07, 6.45) is 3.46. The second-order valence-electron chi connectivity index (χ2n) is 5.36. The number of aryl methyl sites for hydroxylation is 1. The molecule has 3 rings (SSSR count). The lowest BCUT2D eigenvalue weighted by Crippen LogP contribution is -2.34. The van der Waals surface area contributed by atoms with Crippen LogP contribution in [0.5, 0.6) is 0 Å². The van der Waals surface area contributed by atoms with E-state index in [2.05, 4.69) is 20.8 Å². The van der Waals surface area contributed by atoms with Gasteiger partial charge in [0.15, 0.2) is 5.82 Å². The molecule has 1 aromatic carbocycles. The maximum atomic E-state index is 12.3. The Labute approximate surface area is 135 Å². The maximum absolute atomic E-state index is 12.3. The van der Waals surface area contributed by atoms with Gasteiger partial charge in [0.1, 0.15) is 6.33 Å². The van der Waals surface area contributed by atoms with E-state index < -0.39 is 0 Å². The second kappa shape index (κ2) is 7.38. The van der Waals surface area contributed by atoms with Crippen molar-refractivity contribution in [1.82, 2.24) is 20.1 Å². The first kappa shape index (κ1) is 16.5. The Hall–Kier alpha value is -1.92. The summed E-state index contributed by atoms with van der Waals surface area (Å²) in [5.41, 5.74) is 1.75. The maximum Gasteiger partial charge on any atom is 0.227 e. The minimum absolute atomic E-state index is 0. The lowest BCUT2D eigenvalue weighted by Gasteiger charge is -2.21. The van der Waals surface area contributed by atoms with E-state index >= 15 is 0 Å². The van der Waals surface area contributed by atoms with Gasteiger partial charge in [-0.3, -0.25) is 4.79 Å². The number of hydrogen-bond acceptors (Lipinski definition) is 4. The van der Waals surface area contributed by atoms with Crippen LogP contribution in [0.25, 0.3) is 11.4 Å². The molecule has 2 N–H and O–H groups in total. The number of anilines is 1. The van der Waals surface area contributed by atoms with E-state index in [-0.39, 0.29) is 24.2 Å². The van der Waals surface area contributed by atoms with Gasteiger partial charge in [-0.15, -0.1) is 22.6 Å². The quantitative estimate of drug-likeness (QED) is 0.905. The highest BCUT2D eigenvalue weighted by molar-refractivity contribution is 5.93. The van der Waals surface area contributed by atoms with Gasteiger partial charge < -0.3 is 15.2 Å². The molecule has 1 saturated heterocycles. The van der Waals surface area contributed by atoms with Crippen LogP contribution in [0.4, 0.5) is 5.69 Å². The molecule has 1 amide bonds. The van der Waals surface area contributed by atoms with Gasteiger partial charge >= 0.3 is 0 Å². The number of nitrogens with one attached hydrogen (secondary N) is 2. The predicted octanol–water partition coefficient (Wildman–Crippen LogP) is 1.84. The molecule has 0 saturated carbocycles. The lowest BCUT2D eigenvalue weighted by atomic mass is 9.97. The molecular weight excluding hydrogens is 302 g/mol. The molecule has 0 unspecified atom stereocenters. The van der Waals surface area contributed by atoms with Crippen molar-refractivity contribution in [3.8, 4) is 11.4 Å². The molecule has 6 nitrogen and oxygen atoms in total. The molecule has 22 heavy (non-hydrogen) atoms. The largest absolute Gasteiger partial charge is 0.326 e. The molecule has 1 aliphatic rings. The van der Waals surface area contributed by atoms with Crippen LogP contribution in [0.2, 0.25) is 0 Å². The standard InChI is InChI=1S/C15H19N5O.ClH/c1-20-10-17-19-14(20)12-3-2-4-13(9-12)18-15(21)11-5-7-16-8-6-11;/h2-4,9-11,16H,5-8H2,1H3,(H,18,21);1H. The number of amides is 1. The van der Waals surface area contributed by atoms with E-state index in [0.717, 1.165) is 43.0 Å². The summed E-state index contributed by atoms with van der Waals surface area (Å²) in [4.78, 5) is 12.3. The summed E-state index contributed by atoms with van der Waals surface area (Å²) >= 11 is 0. The molecule has 0 spiro atoms. The van der Waals surface area contributed by atoms with Gasteiger partial charge in [0.2, 0.25) is 5.91 Å². The van der Waals surface area contributed by atoms with Crippen molar-refractivity contribution in [2.75, 3.05) is 18.4 Å². The summed E-state index contributed by atoms with van der Waals surface area (Å²) in [5, 5.41) is 14.2. The second-order valence-corrected chi connectivity index (χ2v) is 5.36. The molecule has 0 aliphatic carbocycles. The van der Waals surface area contributed by atoms with Crippen LogP contribution >= 0.6 is 12.4 Å². The predicted molar refractivity (Wildman–Crippen MR) is 87.9 cm³/mol. The first-order valence-electron chi connectivity index (χ1n) is 7.20. The van der Waals surface area contributed by atoms with E-state index in [9.17, 15) is 4.79 Å². The van der Waals surface area contributed by atoms with Gasteiger partial charge in [0.05, 0.1) is 0 Å². The van der Waals surface area contributed by atoms with Crippen LogP contribution < -0.4 is 10.6 Å². The van der Waals surface area contributed by atoms with Crippen molar-refractivity contribution in [3.63, 3.8) is 0 Å². The van der Waals surface area contributed by atoms with Crippen LogP contribution in [0, 0.1) is 5.92 Å². The molecule has 1 aromatic heterocycles. The molecule has 2 heterocycles. The fourth-order valence-corrected chi connectivity index (χ4v) is 2.61. The van der Waals surface area contributed by atoms with Crippen molar-refractivity contribution >= 4 is 24.0 Å². The van der Waals surface area contributed by atoms with E-state index in [4.69, 9.17) is 0 Å². The van der Waals surface area contributed by atoms with Crippen LogP contribution in [0.3, 0.4) is 0 Å². The van der Waals surface area contributed by atoms with Crippen molar-refractivity contribution in [1.29, 1.82) is 0 Å². The Morgan fingerprint density at radius 3 is 2.82 bits per heavy atom. The average molecular weight is 322 g/mol. The molecule has 1 fully saturated rings. The Bertz CT molecular complexity index is 636. The molecule has 0 atom stereocenters. The van der Waals surface area contributed by atoms with Gasteiger partial charge in [-0.05, 0) is 38.1 Å². The van der Waals surface area contributed by atoms with Crippen LogP contribution in [0.1, 0.15) is 12.8 Å². The number of nitrogens with zero attached hydrogens (tertiary/aromatic N) is 3. The number of hydrogen-bond donors (Lipinski definition) is 2. The zero-order valence-corrected chi connectivity index (χ0v) is 13.3. The molecule has 0 radical (unpaired) electrons. The zero-order valence-electron chi connectivity index (χ0n) is 12.5. The monoisotopic (exact) mass is 321 g/mol. The van der Waals surface area contributed by atoms with E-state index in [0.29, 0.717) is 0 Å². The number of piperidine rings is 1. The van der Waals surface area contributed by atoms with Gasteiger partial charge in [0, 0.05) is 24.2 Å². The minimum Gasteiger partial charge on any atom is -0.326 e. The highest BCUT2D eigenvalue weighted by atomic mass is 35.5. The van der Waals surface area contributed by atoms with Crippen molar-refractivity contribution in [2.24, 2.45) is 13.0 Å². The summed E-state index contributed by atoms with van der Waals surface area (Å²) in [6, 6.07) is 7.72. The van der Waals surface area contributed by atoms with E-state index in [1.54, 1.807) is 6.33 Å². The molecule has 2 aromatic rings. The van der Waals surface area contributed by atoms with Gasteiger partial charge in [-0.2, -0.15) is 0 Å². The summed E-state index contributed by atoms with van der Waals surface area (Å²) in [6.45, 7) is 1.83. The number of aromatic nitrogens is 3. The van der Waals surface area contributed by atoms with Crippen molar-refractivity contribution < 1.29 is 4.79 Å². The highest BCUT2D eigenvalue weighted by Gasteiger charge is 2.20. The van der Waals surface area contributed by atoms with Crippen LogP contribution in [-0.2, 0) is 11.8 Å². The summed E-state index contributed by atoms with van der Waals surface area (Å²) in [7, 11) is 1.90.